The zero-order chi connectivity index (χ0) is 12.3. The predicted octanol–water partition coefficient (Wildman–Crippen LogP) is 3.98. The molecule has 1 nitrogen and oxygen atoms in total. The number of rotatable bonds is 3. The Hall–Kier alpha value is -1.38. The lowest BCUT2D eigenvalue weighted by atomic mass is 9.99. The van der Waals surface area contributed by atoms with Crippen LogP contribution >= 0.6 is 12.4 Å². The summed E-state index contributed by atoms with van der Waals surface area (Å²) in [6.45, 7) is 0.882. The fraction of sp³-hybridized carbons (Fsp3) is 0.200. The molecule has 0 aliphatic rings. The second-order valence-electron chi connectivity index (χ2n) is 4.40. The third-order valence-corrected chi connectivity index (χ3v) is 2.66. The van der Waals surface area contributed by atoms with Crippen LogP contribution in [0.25, 0.3) is 11.1 Å². The number of nitrogens with zero attached hydrogens (tertiary/aromatic N) is 1. The van der Waals surface area contributed by atoms with Crippen molar-refractivity contribution < 1.29 is 4.39 Å². The van der Waals surface area contributed by atoms with Gasteiger partial charge in [-0.15, -0.1) is 12.4 Å². The molecule has 0 spiro atoms. The van der Waals surface area contributed by atoms with E-state index in [1.54, 1.807) is 0 Å². The quantitative estimate of drug-likeness (QED) is 0.812. The van der Waals surface area contributed by atoms with Crippen molar-refractivity contribution in [2.75, 3.05) is 14.1 Å². The molecular weight excluding hydrogens is 249 g/mol. The zero-order valence-corrected chi connectivity index (χ0v) is 11.4. The van der Waals surface area contributed by atoms with E-state index in [1.807, 2.05) is 38.4 Å². The van der Waals surface area contributed by atoms with Crippen molar-refractivity contribution in [1.29, 1.82) is 0 Å². The average Bonchev–Trinajstić information content (AvgIpc) is 2.30. The van der Waals surface area contributed by atoms with Crippen molar-refractivity contribution in [3.05, 3.63) is 59.9 Å². The lowest BCUT2D eigenvalue weighted by Gasteiger charge is -2.14. The molecule has 0 saturated heterocycles. The monoisotopic (exact) mass is 265 g/mol. The maximum absolute atomic E-state index is 12.9. The Bertz CT molecular complexity index is 494. The molecule has 0 unspecified atom stereocenters. The van der Waals surface area contributed by atoms with Gasteiger partial charge in [0.15, 0.2) is 0 Å². The molecule has 0 amide bonds. The van der Waals surface area contributed by atoms with Crippen molar-refractivity contribution in [3.63, 3.8) is 0 Å². The van der Waals surface area contributed by atoms with E-state index in [1.165, 1.54) is 23.3 Å². The summed E-state index contributed by atoms with van der Waals surface area (Å²) in [5, 5.41) is 0. The van der Waals surface area contributed by atoms with Gasteiger partial charge in [-0.3, -0.25) is 0 Å². The van der Waals surface area contributed by atoms with Gasteiger partial charge < -0.3 is 4.90 Å². The summed E-state index contributed by atoms with van der Waals surface area (Å²) in [7, 11) is 4.09. The van der Waals surface area contributed by atoms with Crippen LogP contribution in [0.4, 0.5) is 4.39 Å². The van der Waals surface area contributed by atoms with Crippen LogP contribution in [-0.4, -0.2) is 19.0 Å². The Kier molecular flexibility index (Phi) is 5.32. The van der Waals surface area contributed by atoms with Gasteiger partial charge in [0.05, 0.1) is 0 Å². The van der Waals surface area contributed by atoms with Crippen molar-refractivity contribution in [2.24, 2.45) is 0 Å². The molecule has 2 aromatic rings. The Morgan fingerprint density at radius 1 is 0.944 bits per heavy atom. The van der Waals surface area contributed by atoms with Crippen LogP contribution in [0.2, 0.25) is 0 Å². The van der Waals surface area contributed by atoms with Gasteiger partial charge >= 0.3 is 0 Å². The second-order valence-corrected chi connectivity index (χ2v) is 4.40. The Balaban J connectivity index is 0.00000162. The average molecular weight is 266 g/mol. The lowest BCUT2D eigenvalue weighted by Crippen LogP contribution is -2.11. The molecular formula is C15H17ClFN. The molecule has 0 heterocycles. The summed E-state index contributed by atoms with van der Waals surface area (Å²) in [4.78, 5) is 2.13. The first-order valence-corrected chi connectivity index (χ1v) is 5.65. The second kappa shape index (κ2) is 6.53. The topological polar surface area (TPSA) is 3.24 Å². The summed E-state index contributed by atoms with van der Waals surface area (Å²) >= 11 is 0. The van der Waals surface area contributed by atoms with Crippen LogP contribution in [0, 0.1) is 5.82 Å². The van der Waals surface area contributed by atoms with E-state index >= 15 is 0 Å². The molecule has 18 heavy (non-hydrogen) atoms. The Labute approximate surface area is 114 Å². The van der Waals surface area contributed by atoms with Crippen LogP contribution in [0.3, 0.4) is 0 Å². The first-order chi connectivity index (χ1) is 8.16. The van der Waals surface area contributed by atoms with E-state index in [2.05, 4.69) is 17.0 Å². The van der Waals surface area contributed by atoms with Gasteiger partial charge in [0.2, 0.25) is 0 Å². The van der Waals surface area contributed by atoms with Crippen molar-refractivity contribution in [1.82, 2.24) is 4.90 Å². The fourth-order valence-electron chi connectivity index (χ4n) is 1.91. The highest BCUT2D eigenvalue weighted by Crippen LogP contribution is 2.24. The molecule has 0 aliphatic heterocycles. The van der Waals surface area contributed by atoms with Crippen molar-refractivity contribution in [3.8, 4) is 11.1 Å². The summed E-state index contributed by atoms with van der Waals surface area (Å²) in [5.74, 6) is -0.196. The molecule has 3 heteroatoms. The van der Waals surface area contributed by atoms with Gasteiger partial charge in [-0.25, -0.2) is 4.39 Å². The predicted molar refractivity (Wildman–Crippen MR) is 76.5 cm³/mol. The fourth-order valence-corrected chi connectivity index (χ4v) is 1.91. The van der Waals surface area contributed by atoms with Gasteiger partial charge in [0.1, 0.15) is 5.82 Å². The van der Waals surface area contributed by atoms with Gasteiger partial charge in [-0.05, 0) is 42.9 Å². The van der Waals surface area contributed by atoms with Crippen LogP contribution in [0.5, 0.6) is 0 Å². The minimum absolute atomic E-state index is 0. The van der Waals surface area contributed by atoms with E-state index in [-0.39, 0.29) is 18.2 Å². The Morgan fingerprint density at radius 2 is 1.56 bits per heavy atom. The summed E-state index contributed by atoms with van der Waals surface area (Å²) in [5.41, 5.74) is 3.48. The number of halogens is 2. The largest absolute Gasteiger partial charge is 0.305 e. The van der Waals surface area contributed by atoms with E-state index in [0.717, 1.165) is 12.1 Å². The number of benzene rings is 2. The van der Waals surface area contributed by atoms with Gasteiger partial charge in [-0.1, -0.05) is 36.4 Å². The third-order valence-electron chi connectivity index (χ3n) is 2.66. The highest BCUT2D eigenvalue weighted by atomic mass is 35.5. The summed E-state index contributed by atoms with van der Waals surface area (Å²) < 4.78 is 12.9. The smallest absolute Gasteiger partial charge is 0.123 e. The Morgan fingerprint density at radius 3 is 2.17 bits per heavy atom. The molecule has 96 valence electrons. The molecule has 0 N–H and O–H groups in total. The van der Waals surface area contributed by atoms with Gasteiger partial charge in [0, 0.05) is 6.54 Å². The van der Waals surface area contributed by atoms with Crippen molar-refractivity contribution in [2.45, 2.75) is 6.54 Å². The maximum Gasteiger partial charge on any atom is 0.123 e. The van der Waals surface area contributed by atoms with Crippen LogP contribution < -0.4 is 0 Å². The molecule has 2 aromatic carbocycles. The van der Waals surface area contributed by atoms with Gasteiger partial charge in [-0.2, -0.15) is 0 Å². The van der Waals surface area contributed by atoms with E-state index in [4.69, 9.17) is 0 Å². The minimum atomic E-state index is -0.196. The number of hydrogen-bond acceptors (Lipinski definition) is 1. The van der Waals surface area contributed by atoms with Crippen molar-refractivity contribution >= 4 is 12.4 Å². The molecule has 0 aromatic heterocycles. The normalized spacial score (nSPS) is 10.2. The maximum atomic E-state index is 12.9. The van der Waals surface area contributed by atoms with E-state index < -0.39 is 0 Å². The first-order valence-electron chi connectivity index (χ1n) is 5.65. The molecule has 0 aliphatic carbocycles. The highest BCUT2D eigenvalue weighted by Gasteiger charge is 2.05. The molecule has 2 rings (SSSR count). The molecule has 0 radical (unpaired) electrons. The molecule has 0 saturated carbocycles. The standard InChI is InChI=1S/C15H16FN.ClH/c1-17(2)11-13-5-3-4-6-15(13)12-7-9-14(16)10-8-12;/h3-10H,11H2,1-2H3;1H. The van der Waals surface area contributed by atoms with Gasteiger partial charge in [0.25, 0.3) is 0 Å². The SMILES string of the molecule is CN(C)Cc1ccccc1-c1ccc(F)cc1.Cl. The minimum Gasteiger partial charge on any atom is -0.305 e. The van der Waals surface area contributed by atoms with E-state index in [0.29, 0.717) is 0 Å². The van der Waals surface area contributed by atoms with Crippen LogP contribution in [0.1, 0.15) is 5.56 Å². The number of hydrogen-bond donors (Lipinski definition) is 0. The third kappa shape index (κ3) is 3.56. The van der Waals surface area contributed by atoms with Crippen LogP contribution in [0.15, 0.2) is 48.5 Å². The van der Waals surface area contributed by atoms with Crippen LogP contribution in [-0.2, 0) is 6.54 Å². The lowest BCUT2D eigenvalue weighted by molar-refractivity contribution is 0.403. The zero-order valence-electron chi connectivity index (χ0n) is 10.6. The molecule has 0 fully saturated rings. The highest BCUT2D eigenvalue weighted by molar-refractivity contribution is 5.85. The summed E-state index contributed by atoms with van der Waals surface area (Å²) in [6.07, 6.45) is 0. The summed E-state index contributed by atoms with van der Waals surface area (Å²) in [6, 6.07) is 14.9. The van der Waals surface area contributed by atoms with E-state index in [9.17, 15) is 4.39 Å². The molecule has 0 bridgehead atoms. The first kappa shape index (κ1) is 14.7. The molecule has 0 atom stereocenters.